The number of aromatic nitrogens is 6. The minimum Gasteiger partial charge on any atom is -0.341 e. The molecular weight excluding hydrogens is 372 g/mol. The van der Waals surface area contributed by atoms with Crippen LogP contribution in [-0.2, 0) is 6.54 Å². The van der Waals surface area contributed by atoms with E-state index in [1.54, 1.807) is 16.9 Å². The Hall–Kier alpha value is -3.27. The van der Waals surface area contributed by atoms with Crippen LogP contribution in [-0.4, -0.2) is 78.0 Å². The van der Waals surface area contributed by atoms with Crippen LogP contribution >= 0.6 is 0 Å². The summed E-state index contributed by atoms with van der Waals surface area (Å²) in [6.07, 6.45) is 3.05. The van der Waals surface area contributed by atoms with Crippen LogP contribution in [0.15, 0.2) is 35.5 Å². The molecule has 0 saturated carbocycles. The number of H-pyrrole nitrogens is 1. The fraction of sp³-hybridized carbons (Fsp3) is 0.421. The van der Waals surface area contributed by atoms with E-state index in [-0.39, 0.29) is 11.5 Å². The van der Waals surface area contributed by atoms with Gasteiger partial charge in [0.2, 0.25) is 0 Å². The number of nitrogens with zero attached hydrogens (tertiary/aromatic N) is 7. The van der Waals surface area contributed by atoms with Gasteiger partial charge < -0.3 is 9.88 Å². The molecule has 0 bridgehead atoms. The van der Waals surface area contributed by atoms with E-state index < -0.39 is 0 Å². The molecule has 1 aliphatic heterocycles. The van der Waals surface area contributed by atoms with E-state index in [9.17, 15) is 9.59 Å². The van der Waals surface area contributed by atoms with Gasteiger partial charge in [0.05, 0.1) is 24.8 Å². The minimum absolute atomic E-state index is 0.0300. The summed E-state index contributed by atoms with van der Waals surface area (Å²) in [5.74, 6) is 0.600. The van der Waals surface area contributed by atoms with Gasteiger partial charge in [-0.1, -0.05) is 0 Å². The number of nitrogens with one attached hydrogen (secondary N) is 1. The van der Waals surface area contributed by atoms with Crippen LogP contribution in [0.3, 0.4) is 0 Å². The van der Waals surface area contributed by atoms with E-state index in [0.717, 1.165) is 24.5 Å². The Balaban J connectivity index is 1.36. The normalized spacial score (nSPS) is 15.0. The van der Waals surface area contributed by atoms with Crippen molar-refractivity contribution < 1.29 is 4.79 Å². The fourth-order valence-electron chi connectivity index (χ4n) is 3.53. The van der Waals surface area contributed by atoms with Gasteiger partial charge in [-0.3, -0.25) is 14.5 Å². The van der Waals surface area contributed by atoms with Crippen LogP contribution < -0.4 is 5.56 Å². The van der Waals surface area contributed by atoms with Crippen LogP contribution in [0, 0.1) is 13.8 Å². The summed E-state index contributed by atoms with van der Waals surface area (Å²) in [5.41, 5.74) is 2.25. The second kappa shape index (κ2) is 8.00. The molecule has 3 aromatic rings. The molecule has 1 amide bonds. The molecule has 0 unspecified atom stereocenters. The summed E-state index contributed by atoms with van der Waals surface area (Å²) in [7, 11) is 0. The minimum atomic E-state index is -0.136. The van der Waals surface area contributed by atoms with Gasteiger partial charge >= 0.3 is 0 Å². The van der Waals surface area contributed by atoms with Gasteiger partial charge in [0.15, 0.2) is 5.82 Å². The molecule has 0 aromatic carbocycles. The number of hydrogen-bond acceptors (Lipinski definition) is 6. The maximum atomic E-state index is 12.4. The van der Waals surface area contributed by atoms with Gasteiger partial charge in [-0.15, -0.1) is 5.10 Å². The third-order valence-corrected chi connectivity index (χ3v) is 5.10. The molecule has 3 aromatic heterocycles. The highest BCUT2D eigenvalue weighted by Crippen LogP contribution is 2.09. The van der Waals surface area contributed by atoms with Crippen molar-refractivity contribution in [1.82, 2.24) is 39.3 Å². The van der Waals surface area contributed by atoms with E-state index in [4.69, 9.17) is 0 Å². The third-order valence-electron chi connectivity index (χ3n) is 5.10. The lowest BCUT2D eigenvalue weighted by molar-refractivity contribution is 0.0626. The Bertz CT molecular complexity index is 1040. The van der Waals surface area contributed by atoms with Crippen LogP contribution in [0.5, 0.6) is 0 Å². The monoisotopic (exact) mass is 396 g/mol. The maximum absolute atomic E-state index is 12.4. The van der Waals surface area contributed by atoms with Gasteiger partial charge in [-0.05, 0) is 26.0 Å². The van der Waals surface area contributed by atoms with E-state index in [1.807, 2.05) is 24.8 Å². The van der Waals surface area contributed by atoms with Crippen LogP contribution in [0.1, 0.15) is 21.9 Å². The molecule has 10 nitrogen and oxygen atoms in total. The molecule has 152 valence electrons. The molecule has 0 radical (unpaired) electrons. The SMILES string of the molecule is Cc1cc(C)n(-c2ccc(=O)n(CCN3CCN(C(=O)c4cnc[nH]4)CC3)n2)n1. The molecule has 0 spiro atoms. The lowest BCUT2D eigenvalue weighted by Crippen LogP contribution is -2.49. The van der Waals surface area contributed by atoms with Crippen molar-refractivity contribution in [2.24, 2.45) is 0 Å². The molecule has 4 heterocycles. The second-order valence-electron chi connectivity index (χ2n) is 7.19. The first kappa shape index (κ1) is 19.1. The molecule has 29 heavy (non-hydrogen) atoms. The van der Waals surface area contributed by atoms with Gasteiger partial charge in [-0.2, -0.15) is 5.10 Å². The first-order valence-corrected chi connectivity index (χ1v) is 9.63. The summed E-state index contributed by atoms with van der Waals surface area (Å²) >= 11 is 0. The van der Waals surface area contributed by atoms with E-state index >= 15 is 0 Å². The molecule has 0 atom stereocenters. The van der Waals surface area contributed by atoms with Crippen molar-refractivity contribution in [3.63, 3.8) is 0 Å². The highest BCUT2D eigenvalue weighted by molar-refractivity contribution is 5.92. The van der Waals surface area contributed by atoms with E-state index in [2.05, 4.69) is 25.1 Å². The molecule has 1 fully saturated rings. The topological polar surface area (TPSA) is 105 Å². The predicted molar refractivity (Wildman–Crippen MR) is 106 cm³/mol. The Morgan fingerprint density at radius 3 is 2.55 bits per heavy atom. The third kappa shape index (κ3) is 4.11. The average Bonchev–Trinajstić information content (AvgIpc) is 3.37. The fourth-order valence-corrected chi connectivity index (χ4v) is 3.53. The smallest absolute Gasteiger partial charge is 0.272 e. The molecule has 4 rings (SSSR count). The van der Waals surface area contributed by atoms with Gasteiger partial charge in [-0.25, -0.2) is 14.3 Å². The number of rotatable bonds is 5. The van der Waals surface area contributed by atoms with Crippen molar-refractivity contribution >= 4 is 5.91 Å². The molecule has 1 aliphatic rings. The molecular formula is C19H24N8O2. The highest BCUT2D eigenvalue weighted by atomic mass is 16.2. The maximum Gasteiger partial charge on any atom is 0.272 e. The van der Waals surface area contributed by atoms with E-state index in [1.165, 1.54) is 17.1 Å². The van der Waals surface area contributed by atoms with Gasteiger partial charge in [0, 0.05) is 44.5 Å². The zero-order valence-corrected chi connectivity index (χ0v) is 16.6. The predicted octanol–water partition coefficient (Wildman–Crippen LogP) is 0.227. The standard InChI is InChI=1S/C19H24N8O2/c1-14-11-15(2)27(22-14)17-3-4-18(28)26(23-17)10-7-24-5-8-25(9-6-24)19(29)16-12-20-13-21-16/h3-4,11-13H,5-10H2,1-2H3,(H,20,21). The highest BCUT2D eigenvalue weighted by Gasteiger charge is 2.22. The van der Waals surface area contributed by atoms with Gasteiger partial charge in [0.1, 0.15) is 5.69 Å². The number of hydrogen-bond donors (Lipinski definition) is 1. The summed E-state index contributed by atoms with van der Waals surface area (Å²) in [6.45, 7) is 7.87. The number of imidazole rings is 1. The first-order valence-electron chi connectivity index (χ1n) is 9.63. The summed E-state index contributed by atoms with van der Waals surface area (Å²) in [4.78, 5) is 35.4. The quantitative estimate of drug-likeness (QED) is 0.662. The number of aromatic amines is 1. The Morgan fingerprint density at radius 1 is 1.10 bits per heavy atom. The first-order chi connectivity index (χ1) is 14.0. The summed E-state index contributed by atoms with van der Waals surface area (Å²) in [5, 5.41) is 8.91. The van der Waals surface area contributed by atoms with Crippen molar-refractivity contribution in [3.05, 3.63) is 58.2 Å². The van der Waals surface area contributed by atoms with Crippen molar-refractivity contribution in [2.75, 3.05) is 32.7 Å². The Morgan fingerprint density at radius 2 is 1.90 bits per heavy atom. The molecule has 1 saturated heterocycles. The number of carbonyl (C=O) groups excluding carboxylic acids is 1. The van der Waals surface area contributed by atoms with Crippen LogP contribution in [0.25, 0.3) is 5.82 Å². The number of carbonyl (C=O) groups is 1. The van der Waals surface area contributed by atoms with Crippen LogP contribution in [0.4, 0.5) is 0 Å². The lowest BCUT2D eigenvalue weighted by atomic mass is 10.3. The Kier molecular flexibility index (Phi) is 5.26. The molecule has 0 aliphatic carbocycles. The largest absolute Gasteiger partial charge is 0.341 e. The second-order valence-corrected chi connectivity index (χ2v) is 7.19. The Labute approximate surface area is 167 Å². The zero-order chi connectivity index (χ0) is 20.4. The molecule has 10 heteroatoms. The zero-order valence-electron chi connectivity index (χ0n) is 16.6. The lowest BCUT2D eigenvalue weighted by Gasteiger charge is -2.34. The van der Waals surface area contributed by atoms with Crippen molar-refractivity contribution in [2.45, 2.75) is 20.4 Å². The summed E-state index contributed by atoms with van der Waals surface area (Å²) in [6, 6.07) is 5.19. The van der Waals surface area contributed by atoms with E-state index in [0.29, 0.717) is 37.7 Å². The number of aryl methyl sites for hydroxylation is 2. The van der Waals surface area contributed by atoms with Crippen molar-refractivity contribution in [3.8, 4) is 5.82 Å². The van der Waals surface area contributed by atoms with Gasteiger partial charge in [0.25, 0.3) is 11.5 Å². The number of piperazine rings is 1. The van der Waals surface area contributed by atoms with Crippen molar-refractivity contribution in [1.29, 1.82) is 0 Å². The average molecular weight is 396 g/mol. The summed E-state index contributed by atoms with van der Waals surface area (Å²) < 4.78 is 3.22. The molecule has 1 N–H and O–H groups in total. The van der Waals surface area contributed by atoms with Crippen LogP contribution in [0.2, 0.25) is 0 Å². The number of amides is 1.